The number of nitrogens with two attached hydrogens (primary N) is 1. The zero-order valence-corrected chi connectivity index (χ0v) is 92.5. The number of hydrogen-bond acceptors (Lipinski definition) is 28. The number of carbonyl (C=O) groups is 8. The molecule has 7 aromatic heterocycles. The average Bonchev–Trinajstić information content (AvgIpc) is 1.32. The van der Waals surface area contributed by atoms with Crippen LogP contribution in [0.15, 0.2) is 113 Å². The van der Waals surface area contributed by atoms with Gasteiger partial charge in [-0.2, -0.15) is 0 Å². The van der Waals surface area contributed by atoms with Crippen LogP contribution in [0.2, 0.25) is 5.28 Å². The minimum atomic E-state index is -2.54. The number of fused-ring (bicyclic) bond motifs is 10. The van der Waals surface area contributed by atoms with Crippen LogP contribution >= 0.6 is 43.5 Å². The maximum absolute atomic E-state index is 13.3. The van der Waals surface area contributed by atoms with Gasteiger partial charge < -0.3 is 94.9 Å². The van der Waals surface area contributed by atoms with Gasteiger partial charge in [0.2, 0.25) is 11.2 Å². The topological polar surface area (TPSA) is 398 Å². The van der Waals surface area contributed by atoms with Crippen LogP contribution in [0.4, 0.5) is 72.9 Å². The van der Waals surface area contributed by atoms with E-state index in [4.69, 9.17) is 30.9 Å². The average molecular weight is 2260 g/mol. The smallest absolute Gasteiger partial charge is 0.410 e. The number of aromatic carboxylic acids is 1. The molecule has 0 saturated carbocycles. The van der Waals surface area contributed by atoms with Crippen molar-refractivity contribution in [3.05, 3.63) is 169 Å². The molecule has 36 nitrogen and oxygen atoms in total. The zero-order chi connectivity index (χ0) is 111. The van der Waals surface area contributed by atoms with Gasteiger partial charge in [-0.15, -0.1) is 0 Å². The number of halogens is 11. The van der Waals surface area contributed by atoms with Crippen molar-refractivity contribution in [1.82, 2.24) is 94.7 Å². The standard InChI is InChI=1S/C21H26F2N6O.C19H26F2N4O3.C17H22BrN3O3.C15H20F2N4O.C11H20N2O2.C6H4BrNO2.C6H7ClN2.C6H15N.C2H5F2N/c1-13-7-14(2)26-21(25-13)29-10-15-8-16(29)11-28(9-15)20(30)17-5-4-6-24-19(17)27(3)12-18(22)23;1-19(2,3)28-18(27)25-10-12-7-13(25)11-24(9-12)17(26)14-5-4-6-22-16(14)23-8-15(20)21;1-17(2,3)24-16(23)21-9-11-7-12(21)10-20(8-11)15(22)13-5-4-6-19-14(13)18;1-20(9-13(16)17)14-12(3-2-4-18-14)15(22)21-7-10-5-11(8-21)19-6-10;1-11(2,3)15-10(14)13-7-8-4-9(13)6-12-5-8;7-5-4(6(9)10)2-1-3-8-5;1-4-3-5(2)9-6(7)8-4;1-4-7(5-2)6-3;3-2(4)1-5/h4-7,15-16,18H,8-12H2,1-3H3;4-6,12-13,15H,7-11H2,1-3H3,(H,22,23);4-6,11-12H,7-10H2,1-3H3;2-4,10-11,13,19H,5-9H2,1H3;8-9,12H,4-7H2,1-3H3;1-3H,(H,9,10);3H,1-2H3;4-6H2,1-3H3;2H,1,5H2. The number of ether oxygens (including phenoxy) is 3. The van der Waals surface area contributed by atoms with Gasteiger partial charge in [-0.05, 0) is 294 Å². The van der Waals surface area contributed by atoms with Crippen LogP contribution in [0, 0.1) is 57.3 Å². The summed E-state index contributed by atoms with van der Waals surface area (Å²) in [6.45, 7) is 43.0. The molecule has 150 heavy (non-hydrogen) atoms. The number of carboxylic acid groups (broad SMARTS) is 1. The summed E-state index contributed by atoms with van der Waals surface area (Å²) in [7, 11) is 3.07. The molecule has 10 aliphatic rings. The number of likely N-dealkylation sites (tertiary alicyclic amines) is 7. The number of rotatable bonds is 19. The fourth-order valence-corrected chi connectivity index (χ4v) is 20.3. The molecule has 17 rings (SSSR count). The number of aromatic nitrogens is 9. The summed E-state index contributed by atoms with van der Waals surface area (Å²) in [4.78, 5) is 156. The minimum absolute atomic E-state index is 0.0259. The molecule has 47 heteroatoms. The molecule has 10 fully saturated rings. The van der Waals surface area contributed by atoms with E-state index in [1.807, 2.05) is 122 Å². The van der Waals surface area contributed by atoms with Gasteiger partial charge in [-0.3, -0.25) is 19.2 Å². The number of carboxylic acids is 1. The highest BCUT2D eigenvalue weighted by atomic mass is 79.9. The van der Waals surface area contributed by atoms with Crippen molar-refractivity contribution in [2.24, 2.45) is 35.3 Å². The van der Waals surface area contributed by atoms with E-state index < -0.39 is 69.1 Å². The van der Waals surface area contributed by atoms with E-state index in [1.54, 1.807) is 75.5 Å². The van der Waals surface area contributed by atoms with Crippen LogP contribution < -0.4 is 36.4 Å². The summed E-state index contributed by atoms with van der Waals surface area (Å²) in [6, 6.07) is 21.0. The van der Waals surface area contributed by atoms with Crippen molar-refractivity contribution >= 4 is 115 Å². The third-order valence-electron chi connectivity index (χ3n) is 25.5. The number of carbonyl (C=O) groups excluding carboxylic acids is 7. The first-order valence-electron chi connectivity index (χ1n) is 50.4. The summed E-state index contributed by atoms with van der Waals surface area (Å²) in [5, 5.41) is 18.1. The third kappa shape index (κ3) is 37.7. The van der Waals surface area contributed by atoms with Gasteiger partial charge in [-0.25, -0.2) is 99.2 Å². The monoisotopic (exact) mass is 2250 g/mol. The highest BCUT2D eigenvalue weighted by molar-refractivity contribution is 9.10. The van der Waals surface area contributed by atoms with Gasteiger partial charge in [0, 0.05) is 178 Å². The number of amides is 7. The van der Waals surface area contributed by atoms with E-state index in [2.05, 4.69) is 129 Å². The number of pyridine rings is 5. The van der Waals surface area contributed by atoms with E-state index in [0.29, 0.717) is 138 Å². The lowest BCUT2D eigenvalue weighted by atomic mass is 9.99. The van der Waals surface area contributed by atoms with Gasteiger partial charge in [0.05, 0.1) is 66.1 Å². The Kier molecular flexibility index (Phi) is 46.4. The molecule has 10 bridgehead atoms. The molecule has 826 valence electrons. The van der Waals surface area contributed by atoms with Gasteiger partial charge in [0.15, 0.2) is 0 Å². The molecule has 0 aromatic carbocycles. The van der Waals surface area contributed by atoms with Crippen LogP contribution in [0.1, 0.15) is 190 Å². The van der Waals surface area contributed by atoms with Crippen molar-refractivity contribution in [3.8, 4) is 0 Å². The number of alkyl halides is 8. The predicted octanol–water partition coefficient (Wildman–Crippen LogP) is 15.6. The van der Waals surface area contributed by atoms with Crippen LogP contribution in [0.5, 0.6) is 0 Å². The SMILES string of the molecule is CC(C)(C)OC(=O)N1CC2CC1CN(C(=O)c1cccnc1Br)C2.CC(C)(C)OC(=O)N1CC2CC1CN(C(=O)c1cccnc1NCC(F)F)C2.CC(C)(C)OC(=O)N1CC2CNCC1C2.CCN(CC)CC.CN(CC(F)F)c1ncccc1C(=O)N1CC2CNC(C2)C1.Cc1cc(C)nc(Cl)n1.Cc1cc(C)nc(N2CC3CC2CN(C(=O)c2cccnc2N(C)CC(F)F)C3)n1.NCC(F)F.O=C(O)c1cccnc1Br. The number of hydrogen-bond donors (Lipinski definition) is 5. The molecule has 10 unspecified atom stereocenters. The normalized spacial score (nSPS) is 20.5. The number of piperidine rings is 5. The maximum Gasteiger partial charge on any atom is 0.410 e. The number of anilines is 4. The van der Waals surface area contributed by atoms with Gasteiger partial charge in [0.25, 0.3) is 49.3 Å². The quantitative estimate of drug-likeness (QED) is 0.0217. The Morgan fingerprint density at radius 2 is 0.813 bits per heavy atom. The van der Waals surface area contributed by atoms with Crippen LogP contribution in [0.25, 0.3) is 0 Å². The van der Waals surface area contributed by atoms with E-state index in [-0.39, 0.29) is 94.3 Å². The lowest BCUT2D eigenvalue weighted by molar-refractivity contribution is 0.0199. The minimum Gasteiger partial charge on any atom is -0.478 e. The number of aryl methyl sites for hydroxylation is 4. The molecule has 10 aliphatic heterocycles. The summed E-state index contributed by atoms with van der Waals surface area (Å²) in [5.74, 6) is 1.80. The first-order chi connectivity index (χ1) is 70.7. The highest BCUT2D eigenvalue weighted by Gasteiger charge is 2.48. The summed E-state index contributed by atoms with van der Waals surface area (Å²) >= 11 is 11.9. The molecule has 0 radical (unpaired) electrons. The van der Waals surface area contributed by atoms with E-state index in [1.165, 1.54) is 74.4 Å². The number of nitrogens with one attached hydrogen (secondary N) is 3. The van der Waals surface area contributed by atoms with Crippen molar-refractivity contribution in [2.75, 3.05) is 178 Å². The van der Waals surface area contributed by atoms with Crippen molar-refractivity contribution in [1.29, 1.82) is 0 Å². The fraction of sp³-hybridized carbons (Fsp3) is 0.602. The summed E-state index contributed by atoms with van der Waals surface area (Å²) in [6.07, 6.45) is 1.99. The summed E-state index contributed by atoms with van der Waals surface area (Å²) < 4.78 is 114. The second kappa shape index (κ2) is 56.9. The van der Waals surface area contributed by atoms with Crippen LogP contribution in [-0.4, -0.2) is 368 Å². The van der Waals surface area contributed by atoms with E-state index in [0.717, 1.165) is 94.1 Å². The predicted molar refractivity (Wildman–Crippen MR) is 563 cm³/mol. The molecule has 6 N–H and O–H groups in total. The maximum atomic E-state index is 13.3. The Labute approximate surface area is 894 Å². The Morgan fingerprint density at radius 3 is 1.21 bits per heavy atom. The molecular weight excluding hydrogens is 2110 g/mol. The van der Waals surface area contributed by atoms with Crippen LogP contribution in [-0.2, 0) is 14.2 Å². The molecule has 7 aromatic rings. The largest absolute Gasteiger partial charge is 0.478 e. The molecule has 7 amide bonds. The molecule has 0 spiro atoms. The Bertz CT molecular complexity index is 5510. The molecule has 10 atom stereocenters. The van der Waals surface area contributed by atoms with Crippen molar-refractivity contribution in [3.63, 3.8) is 0 Å². The Hall–Kier alpha value is -11.2. The van der Waals surface area contributed by atoms with Gasteiger partial charge >= 0.3 is 24.2 Å². The molecule has 0 aliphatic carbocycles. The third-order valence-corrected chi connectivity index (χ3v) is 27.0. The lowest BCUT2D eigenvalue weighted by Crippen LogP contribution is -2.47. The Balaban J connectivity index is 0.000000196. The first-order valence-corrected chi connectivity index (χ1v) is 52.3. The van der Waals surface area contributed by atoms with Gasteiger partial charge in [0.1, 0.15) is 43.5 Å². The molecular formula is C103H145Br2ClF8N24O12. The second-order valence-electron chi connectivity index (χ2n) is 41.3. The van der Waals surface area contributed by atoms with Crippen LogP contribution in [0.3, 0.4) is 0 Å². The van der Waals surface area contributed by atoms with Gasteiger partial charge in [-0.1, -0.05) is 20.8 Å². The first kappa shape index (κ1) is 122. The highest BCUT2D eigenvalue weighted by Crippen LogP contribution is 2.38. The second-order valence-corrected chi connectivity index (χ2v) is 43.2. The summed E-state index contributed by atoms with van der Waals surface area (Å²) in [5.41, 5.74) is 8.37. The zero-order valence-electron chi connectivity index (χ0n) is 88.6. The van der Waals surface area contributed by atoms with Crippen molar-refractivity contribution < 1.29 is 92.8 Å². The van der Waals surface area contributed by atoms with Crippen molar-refractivity contribution in [2.45, 2.75) is 216 Å². The molecule has 17 heterocycles. The Morgan fingerprint density at radius 1 is 0.453 bits per heavy atom. The number of nitrogens with zero attached hydrogens (tertiary/aromatic N) is 20. The fourth-order valence-electron chi connectivity index (χ4n) is 19.2. The molecule has 10 saturated heterocycles. The van der Waals surface area contributed by atoms with E-state index in [9.17, 15) is 73.5 Å². The lowest BCUT2D eigenvalue weighted by Gasteiger charge is -2.33. The van der Waals surface area contributed by atoms with E-state index >= 15 is 0 Å².